The maximum atomic E-state index is 12.5. The molecule has 1 aliphatic heterocycles. The smallest absolute Gasteiger partial charge is 0.399 e. The zero-order valence-electron chi connectivity index (χ0n) is 15.9. The second-order valence-corrected chi connectivity index (χ2v) is 7.66. The van der Waals surface area contributed by atoms with Crippen molar-refractivity contribution in [3.63, 3.8) is 0 Å². The Bertz CT molecular complexity index is 759. The molecule has 1 aromatic heterocycles. The molecule has 0 spiro atoms. The molecule has 1 N–H and O–H groups in total. The summed E-state index contributed by atoms with van der Waals surface area (Å²) in [4.78, 5) is 16.7. The summed E-state index contributed by atoms with van der Waals surface area (Å²) in [5.74, 6) is -0.136. The van der Waals surface area contributed by atoms with E-state index in [2.05, 4.69) is 10.3 Å². The first-order valence-electron chi connectivity index (χ1n) is 8.87. The quantitative estimate of drug-likeness (QED) is 0.860. The van der Waals surface area contributed by atoms with Gasteiger partial charge in [0, 0.05) is 11.8 Å². The highest BCUT2D eigenvalue weighted by atomic mass is 16.7. The van der Waals surface area contributed by atoms with Gasteiger partial charge in [-0.05, 0) is 64.3 Å². The van der Waals surface area contributed by atoms with Crippen molar-refractivity contribution in [3.8, 4) is 0 Å². The van der Waals surface area contributed by atoms with Crippen molar-refractivity contribution in [2.45, 2.75) is 51.9 Å². The molecule has 0 radical (unpaired) electrons. The molecule has 0 aliphatic carbocycles. The Hall–Kier alpha value is -2.18. The van der Waals surface area contributed by atoms with Crippen LogP contribution in [0.2, 0.25) is 0 Å². The molecule has 1 aliphatic rings. The lowest BCUT2D eigenvalue weighted by Gasteiger charge is -2.32. The standard InChI is InChI=1S/C20H25BN2O3/c1-14(17-8-6-7-13-22-17)23-18(24)15-9-11-16(12-10-15)21-25-19(2,3)20(4,5)26-21/h6-14H,1-5H3,(H,23,24)/t14-/m0/s1. The first-order valence-corrected chi connectivity index (χ1v) is 8.87. The van der Waals surface area contributed by atoms with Gasteiger partial charge in [-0.1, -0.05) is 18.2 Å². The lowest BCUT2D eigenvalue weighted by atomic mass is 9.79. The normalized spacial score (nSPS) is 19.2. The van der Waals surface area contributed by atoms with Crippen LogP contribution in [0.1, 0.15) is 56.7 Å². The Kier molecular flexibility index (Phi) is 4.91. The van der Waals surface area contributed by atoms with E-state index >= 15 is 0 Å². The fourth-order valence-corrected chi connectivity index (χ4v) is 2.76. The third-order valence-corrected chi connectivity index (χ3v) is 5.18. The molecule has 26 heavy (non-hydrogen) atoms. The topological polar surface area (TPSA) is 60.5 Å². The number of hydrogen-bond acceptors (Lipinski definition) is 4. The third-order valence-electron chi connectivity index (χ3n) is 5.18. The summed E-state index contributed by atoms with van der Waals surface area (Å²) in [5.41, 5.74) is 1.55. The van der Waals surface area contributed by atoms with Crippen molar-refractivity contribution in [1.29, 1.82) is 0 Å². The molecule has 1 saturated heterocycles. The molecule has 6 heteroatoms. The van der Waals surface area contributed by atoms with Gasteiger partial charge in [-0.15, -0.1) is 0 Å². The fourth-order valence-electron chi connectivity index (χ4n) is 2.76. The van der Waals surface area contributed by atoms with Crippen LogP contribution in [0.5, 0.6) is 0 Å². The van der Waals surface area contributed by atoms with Gasteiger partial charge >= 0.3 is 7.12 Å². The van der Waals surface area contributed by atoms with Gasteiger partial charge in [0.05, 0.1) is 22.9 Å². The molecule has 1 aromatic carbocycles. The van der Waals surface area contributed by atoms with Crippen LogP contribution in [0.15, 0.2) is 48.7 Å². The Labute approximate surface area is 155 Å². The molecular weight excluding hydrogens is 327 g/mol. The highest BCUT2D eigenvalue weighted by Gasteiger charge is 2.51. The second-order valence-electron chi connectivity index (χ2n) is 7.66. The van der Waals surface area contributed by atoms with Crippen LogP contribution in [0.25, 0.3) is 0 Å². The first kappa shape index (κ1) is 18.6. The first-order chi connectivity index (χ1) is 12.2. The molecule has 0 saturated carbocycles. The Morgan fingerprint density at radius 3 is 2.19 bits per heavy atom. The number of hydrogen-bond donors (Lipinski definition) is 1. The summed E-state index contributed by atoms with van der Waals surface area (Å²) >= 11 is 0. The van der Waals surface area contributed by atoms with Gasteiger partial charge in [-0.3, -0.25) is 9.78 Å². The number of pyridine rings is 1. The molecule has 2 heterocycles. The highest BCUT2D eigenvalue weighted by molar-refractivity contribution is 6.62. The van der Waals surface area contributed by atoms with Crippen molar-refractivity contribution in [2.75, 3.05) is 0 Å². The fraction of sp³-hybridized carbons (Fsp3) is 0.400. The summed E-state index contributed by atoms with van der Waals surface area (Å²) in [7, 11) is -0.426. The molecule has 1 amide bonds. The van der Waals surface area contributed by atoms with Crippen molar-refractivity contribution < 1.29 is 14.1 Å². The monoisotopic (exact) mass is 352 g/mol. The Morgan fingerprint density at radius 2 is 1.65 bits per heavy atom. The minimum Gasteiger partial charge on any atom is -0.399 e. The van der Waals surface area contributed by atoms with Crippen molar-refractivity contribution in [3.05, 3.63) is 59.9 Å². The van der Waals surface area contributed by atoms with Crippen LogP contribution in [-0.2, 0) is 9.31 Å². The van der Waals surface area contributed by atoms with Gasteiger partial charge in [0.15, 0.2) is 0 Å². The number of nitrogens with zero attached hydrogens (tertiary/aromatic N) is 1. The Balaban J connectivity index is 1.67. The van der Waals surface area contributed by atoms with Gasteiger partial charge < -0.3 is 14.6 Å². The van der Waals surface area contributed by atoms with E-state index in [9.17, 15) is 4.79 Å². The van der Waals surface area contributed by atoms with Gasteiger partial charge in [-0.2, -0.15) is 0 Å². The highest BCUT2D eigenvalue weighted by Crippen LogP contribution is 2.36. The van der Waals surface area contributed by atoms with Gasteiger partial charge in [0.2, 0.25) is 0 Å². The van der Waals surface area contributed by atoms with E-state index < -0.39 is 7.12 Å². The number of amides is 1. The van der Waals surface area contributed by atoms with Gasteiger partial charge in [-0.25, -0.2) is 0 Å². The summed E-state index contributed by atoms with van der Waals surface area (Å²) in [5, 5.41) is 2.96. The van der Waals surface area contributed by atoms with E-state index in [4.69, 9.17) is 9.31 Å². The number of aromatic nitrogens is 1. The Morgan fingerprint density at radius 1 is 1.04 bits per heavy atom. The average Bonchev–Trinajstić information content (AvgIpc) is 2.83. The van der Waals surface area contributed by atoms with Crippen LogP contribution < -0.4 is 10.8 Å². The van der Waals surface area contributed by atoms with Crippen LogP contribution in [0, 0.1) is 0 Å². The van der Waals surface area contributed by atoms with Crippen molar-refractivity contribution >= 4 is 18.5 Å². The molecule has 136 valence electrons. The largest absolute Gasteiger partial charge is 0.494 e. The van der Waals surface area contributed by atoms with Crippen LogP contribution >= 0.6 is 0 Å². The SMILES string of the molecule is C[C@H](NC(=O)c1ccc(B2OC(C)(C)C(C)(C)O2)cc1)c1ccccn1. The van der Waals surface area contributed by atoms with E-state index in [1.807, 2.05) is 65.0 Å². The van der Waals surface area contributed by atoms with E-state index in [0.717, 1.165) is 11.2 Å². The van der Waals surface area contributed by atoms with Gasteiger partial charge in [0.25, 0.3) is 5.91 Å². The minimum atomic E-state index is -0.426. The lowest BCUT2D eigenvalue weighted by molar-refractivity contribution is 0.00578. The summed E-state index contributed by atoms with van der Waals surface area (Å²) in [6.07, 6.45) is 1.72. The summed E-state index contributed by atoms with van der Waals surface area (Å²) in [6.45, 7) is 10.0. The second kappa shape index (κ2) is 6.85. The molecule has 1 atom stereocenters. The number of carbonyl (C=O) groups excluding carboxylic acids is 1. The zero-order chi connectivity index (χ0) is 18.9. The summed E-state index contributed by atoms with van der Waals surface area (Å²) < 4.78 is 12.1. The molecule has 1 fully saturated rings. The predicted molar refractivity (Wildman–Crippen MR) is 102 cm³/mol. The molecule has 2 aromatic rings. The van der Waals surface area contributed by atoms with Crippen LogP contribution in [-0.4, -0.2) is 29.2 Å². The van der Waals surface area contributed by atoms with Crippen molar-refractivity contribution in [1.82, 2.24) is 10.3 Å². The van der Waals surface area contributed by atoms with E-state index in [1.54, 1.807) is 18.3 Å². The minimum absolute atomic E-state index is 0.136. The maximum Gasteiger partial charge on any atom is 0.494 e. The van der Waals surface area contributed by atoms with Crippen LogP contribution in [0.4, 0.5) is 0 Å². The third kappa shape index (κ3) is 3.66. The molecule has 3 rings (SSSR count). The molecule has 0 unspecified atom stereocenters. The van der Waals surface area contributed by atoms with Crippen molar-refractivity contribution in [2.24, 2.45) is 0 Å². The molecule has 0 bridgehead atoms. The number of nitrogens with one attached hydrogen (secondary N) is 1. The number of rotatable bonds is 4. The van der Waals surface area contributed by atoms with E-state index in [1.165, 1.54) is 0 Å². The maximum absolute atomic E-state index is 12.5. The van der Waals surface area contributed by atoms with E-state index in [-0.39, 0.29) is 23.2 Å². The lowest BCUT2D eigenvalue weighted by Crippen LogP contribution is -2.41. The zero-order valence-corrected chi connectivity index (χ0v) is 15.9. The number of benzene rings is 1. The summed E-state index contributed by atoms with van der Waals surface area (Å²) in [6, 6.07) is 12.8. The van der Waals surface area contributed by atoms with Crippen LogP contribution in [0.3, 0.4) is 0 Å². The molecular formula is C20H25BN2O3. The van der Waals surface area contributed by atoms with E-state index in [0.29, 0.717) is 5.56 Å². The molecule has 5 nitrogen and oxygen atoms in total. The average molecular weight is 352 g/mol. The van der Waals surface area contributed by atoms with Gasteiger partial charge in [0.1, 0.15) is 0 Å². The predicted octanol–water partition coefficient (Wildman–Crippen LogP) is 2.87. The number of carbonyl (C=O) groups is 1.